The molecule has 0 saturated carbocycles. The number of rotatable bonds is 9. The molecule has 0 unspecified atom stereocenters. The van der Waals surface area contributed by atoms with E-state index in [1.165, 1.54) is 16.2 Å². The highest BCUT2D eigenvalue weighted by Crippen LogP contribution is 2.31. The molecular formula is C21H24Cl2FN3O3S2. The Morgan fingerprint density at radius 1 is 1.09 bits per heavy atom. The molecule has 0 aliphatic rings. The van der Waals surface area contributed by atoms with Gasteiger partial charge in [0.2, 0.25) is 5.91 Å². The zero-order valence-electron chi connectivity index (χ0n) is 17.6. The number of benzene rings is 2. The van der Waals surface area contributed by atoms with Crippen LogP contribution >= 0.6 is 35.3 Å². The Labute approximate surface area is 202 Å². The molecule has 0 N–H and O–H groups in total. The van der Waals surface area contributed by atoms with Crippen molar-refractivity contribution in [2.24, 2.45) is 0 Å². The number of carbonyl (C=O) groups is 1. The number of anilines is 1. The van der Waals surface area contributed by atoms with Gasteiger partial charge in [-0.15, -0.1) is 12.4 Å². The van der Waals surface area contributed by atoms with E-state index < -0.39 is 27.3 Å². The second-order valence-electron chi connectivity index (χ2n) is 6.89. The van der Waals surface area contributed by atoms with Crippen LogP contribution in [0.1, 0.15) is 13.8 Å². The number of likely N-dealkylation sites (N-methyl/N-ethyl adjacent to an activating group) is 1. The van der Waals surface area contributed by atoms with Gasteiger partial charge >= 0.3 is 0 Å². The summed E-state index contributed by atoms with van der Waals surface area (Å²) in [7, 11) is -3.93. The normalized spacial score (nSPS) is 11.5. The van der Waals surface area contributed by atoms with E-state index in [0.717, 1.165) is 42.1 Å². The summed E-state index contributed by atoms with van der Waals surface area (Å²) in [5.41, 5.74) is 0.687. The van der Waals surface area contributed by atoms with E-state index in [1.54, 1.807) is 18.2 Å². The van der Waals surface area contributed by atoms with Gasteiger partial charge in [-0.25, -0.2) is 17.8 Å². The molecule has 0 aliphatic heterocycles. The maximum Gasteiger partial charge on any atom is 0.244 e. The number of hydrogen-bond acceptors (Lipinski definition) is 6. The third-order valence-corrected chi connectivity index (χ3v) is 7.79. The molecule has 174 valence electrons. The van der Waals surface area contributed by atoms with E-state index >= 15 is 0 Å². The first-order chi connectivity index (χ1) is 14.7. The molecule has 0 saturated heterocycles. The summed E-state index contributed by atoms with van der Waals surface area (Å²) in [6.07, 6.45) is 0. The largest absolute Gasteiger partial charge is 0.302 e. The standard InChI is InChI=1S/C21H23ClFN3O3S2.ClH/c1-3-25(4-2)11-12-26(21-24-18-10-5-15(22)13-19(18)30-21)20(27)14-31(28,29)17-8-6-16(23)7-9-17;/h5-10,13H,3-4,11-12,14H2,1-2H3;1H. The number of nitrogens with zero attached hydrogens (tertiary/aromatic N) is 3. The van der Waals surface area contributed by atoms with Crippen molar-refractivity contribution in [2.75, 3.05) is 36.8 Å². The molecule has 3 aromatic rings. The smallest absolute Gasteiger partial charge is 0.244 e. The van der Waals surface area contributed by atoms with Gasteiger partial charge in [0.05, 0.1) is 15.1 Å². The van der Waals surface area contributed by atoms with Crippen molar-refractivity contribution in [3.63, 3.8) is 0 Å². The molecule has 0 radical (unpaired) electrons. The fourth-order valence-corrected chi connectivity index (χ4v) is 5.56. The fraction of sp³-hybridized carbons (Fsp3) is 0.333. The number of amides is 1. The van der Waals surface area contributed by atoms with Gasteiger partial charge in [-0.2, -0.15) is 0 Å². The maximum atomic E-state index is 13.2. The Bertz CT molecular complexity index is 1170. The minimum atomic E-state index is -3.93. The van der Waals surface area contributed by atoms with Gasteiger partial charge in [0.25, 0.3) is 0 Å². The Kier molecular flexibility index (Phi) is 9.41. The predicted octanol–water partition coefficient (Wildman–Crippen LogP) is 4.66. The molecule has 6 nitrogen and oxygen atoms in total. The van der Waals surface area contributed by atoms with Gasteiger partial charge in [0, 0.05) is 18.1 Å². The summed E-state index contributed by atoms with van der Waals surface area (Å²) >= 11 is 7.35. The van der Waals surface area contributed by atoms with Crippen LogP contribution in [0.25, 0.3) is 10.2 Å². The minimum Gasteiger partial charge on any atom is -0.302 e. The molecular weight excluding hydrogens is 496 g/mol. The molecule has 0 atom stereocenters. The van der Waals surface area contributed by atoms with E-state index in [9.17, 15) is 17.6 Å². The monoisotopic (exact) mass is 519 g/mol. The zero-order valence-corrected chi connectivity index (χ0v) is 20.8. The van der Waals surface area contributed by atoms with E-state index in [4.69, 9.17) is 11.6 Å². The molecule has 32 heavy (non-hydrogen) atoms. The van der Waals surface area contributed by atoms with E-state index in [2.05, 4.69) is 9.88 Å². The van der Waals surface area contributed by atoms with Crippen molar-refractivity contribution < 1.29 is 17.6 Å². The third kappa shape index (κ3) is 6.39. The topological polar surface area (TPSA) is 70.6 Å². The van der Waals surface area contributed by atoms with Crippen LogP contribution in [0.3, 0.4) is 0 Å². The Hall–Kier alpha value is -1.78. The van der Waals surface area contributed by atoms with Crippen molar-refractivity contribution in [2.45, 2.75) is 18.7 Å². The first-order valence-electron chi connectivity index (χ1n) is 9.80. The number of sulfone groups is 1. The SMILES string of the molecule is CCN(CC)CCN(C(=O)CS(=O)(=O)c1ccc(F)cc1)c1nc2ccc(Cl)cc2s1.Cl. The Morgan fingerprint density at radius 2 is 1.75 bits per heavy atom. The van der Waals surface area contributed by atoms with Crippen molar-refractivity contribution in [3.05, 3.63) is 53.3 Å². The molecule has 0 spiro atoms. The maximum absolute atomic E-state index is 13.2. The van der Waals surface area contributed by atoms with Gasteiger partial charge < -0.3 is 4.90 Å². The summed E-state index contributed by atoms with van der Waals surface area (Å²) in [5.74, 6) is -1.85. The van der Waals surface area contributed by atoms with Gasteiger partial charge in [-0.05, 0) is 55.6 Å². The number of halogens is 3. The van der Waals surface area contributed by atoms with Crippen LogP contribution in [0.4, 0.5) is 9.52 Å². The van der Waals surface area contributed by atoms with Crippen LogP contribution in [0.5, 0.6) is 0 Å². The van der Waals surface area contributed by atoms with Crippen LogP contribution in [0.2, 0.25) is 5.02 Å². The van der Waals surface area contributed by atoms with Gasteiger partial charge in [0.1, 0.15) is 11.6 Å². The van der Waals surface area contributed by atoms with E-state index in [1.807, 2.05) is 13.8 Å². The van der Waals surface area contributed by atoms with E-state index in [0.29, 0.717) is 28.8 Å². The summed E-state index contributed by atoms with van der Waals surface area (Å²) in [5, 5.41) is 0.978. The van der Waals surface area contributed by atoms with Gasteiger partial charge in [0.15, 0.2) is 15.0 Å². The minimum absolute atomic E-state index is 0. The summed E-state index contributed by atoms with van der Waals surface area (Å²) in [6.45, 7) is 6.53. The van der Waals surface area contributed by atoms with Gasteiger partial charge in [-0.3, -0.25) is 9.69 Å². The van der Waals surface area contributed by atoms with Crippen LogP contribution < -0.4 is 4.90 Å². The number of aromatic nitrogens is 1. The summed E-state index contributed by atoms with van der Waals surface area (Å²) in [4.78, 5) is 21.1. The quantitative estimate of drug-likeness (QED) is 0.384. The molecule has 0 aliphatic carbocycles. The lowest BCUT2D eigenvalue weighted by molar-refractivity contribution is -0.116. The van der Waals surface area contributed by atoms with Crippen molar-refractivity contribution in [1.82, 2.24) is 9.88 Å². The molecule has 1 amide bonds. The summed E-state index contributed by atoms with van der Waals surface area (Å²) in [6, 6.07) is 9.70. The average molecular weight is 520 g/mol. The number of carbonyl (C=O) groups excluding carboxylic acids is 1. The van der Waals surface area contributed by atoms with Crippen LogP contribution in [-0.4, -0.2) is 56.1 Å². The van der Waals surface area contributed by atoms with Crippen molar-refractivity contribution in [3.8, 4) is 0 Å². The number of fused-ring (bicyclic) bond motifs is 1. The average Bonchev–Trinajstić information content (AvgIpc) is 3.13. The highest BCUT2D eigenvalue weighted by atomic mass is 35.5. The third-order valence-electron chi connectivity index (χ3n) is 4.89. The zero-order chi connectivity index (χ0) is 22.6. The fourth-order valence-electron chi connectivity index (χ4n) is 3.08. The lowest BCUT2D eigenvalue weighted by Gasteiger charge is -2.24. The van der Waals surface area contributed by atoms with Crippen LogP contribution in [0.15, 0.2) is 47.4 Å². The van der Waals surface area contributed by atoms with Crippen LogP contribution in [0, 0.1) is 5.82 Å². The highest BCUT2D eigenvalue weighted by molar-refractivity contribution is 7.92. The lowest BCUT2D eigenvalue weighted by Crippen LogP contribution is -2.41. The molecule has 1 heterocycles. The highest BCUT2D eigenvalue weighted by Gasteiger charge is 2.27. The van der Waals surface area contributed by atoms with Crippen molar-refractivity contribution in [1.29, 1.82) is 0 Å². The summed E-state index contributed by atoms with van der Waals surface area (Å²) < 4.78 is 39.5. The van der Waals surface area contributed by atoms with Crippen LogP contribution in [-0.2, 0) is 14.6 Å². The number of thiazole rings is 1. The molecule has 1 aromatic heterocycles. The molecule has 0 fully saturated rings. The Balaban J connectivity index is 0.00000363. The predicted molar refractivity (Wildman–Crippen MR) is 130 cm³/mol. The lowest BCUT2D eigenvalue weighted by atomic mass is 10.3. The first kappa shape index (κ1) is 26.5. The Morgan fingerprint density at radius 3 is 2.38 bits per heavy atom. The second-order valence-corrected chi connectivity index (χ2v) is 10.3. The van der Waals surface area contributed by atoms with Gasteiger partial charge in [-0.1, -0.05) is 36.8 Å². The first-order valence-corrected chi connectivity index (χ1v) is 12.6. The van der Waals surface area contributed by atoms with E-state index in [-0.39, 0.29) is 17.3 Å². The second kappa shape index (κ2) is 11.4. The molecule has 0 bridgehead atoms. The van der Waals surface area contributed by atoms with Crippen molar-refractivity contribution >= 4 is 66.4 Å². The molecule has 3 rings (SSSR count). The molecule has 2 aromatic carbocycles. The molecule has 11 heteroatoms. The number of hydrogen-bond donors (Lipinski definition) is 0.